The minimum absolute atomic E-state index is 0.100. The molecule has 2 aliphatic heterocycles. The van der Waals surface area contributed by atoms with Crippen LogP contribution >= 0.6 is 0 Å². The lowest BCUT2D eigenvalue weighted by atomic mass is 9.70. The molecule has 9 aromatic rings. The Labute approximate surface area is 376 Å². The van der Waals surface area contributed by atoms with Gasteiger partial charge in [-0.15, -0.1) is 0 Å². The second kappa shape index (κ2) is 13.6. The topological polar surface area (TPSA) is 51.3 Å². The van der Waals surface area contributed by atoms with Gasteiger partial charge in [-0.25, -0.2) is 4.99 Å². The molecule has 2 unspecified atom stereocenters. The van der Waals surface area contributed by atoms with E-state index in [0.29, 0.717) is 0 Å². The highest BCUT2D eigenvalue weighted by Gasteiger charge is 2.53. The van der Waals surface area contributed by atoms with Crippen LogP contribution in [0.5, 0.6) is 23.0 Å². The molecule has 0 saturated heterocycles. The van der Waals surface area contributed by atoms with Crippen LogP contribution < -0.4 is 9.47 Å². The van der Waals surface area contributed by atoms with Gasteiger partial charge in [0.25, 0.3) is 0 Å². The zero-order chi connectivity index (χ0) is 42.8. The number of aromatic nitrogens is 1. The summed E-state index contributed by atoms with van der Waals surface area (Å²) in [5.74, 6) is 4.74. The van der Waals surface area contributed by atoms with Crippen molar-refractivity contribution in [1.82, 2.24) is 9.47 Å². The van der Waals surface area contributed by atoms with Crippen molar-refractivity contribution < 1.29 is 9.47 Å². The predicted octanol–water partition coefficient (Wildman–Crippen LogP) is 14.1. The molecule has 0 radical (unpaired) electrons. The summed E-state index contributed by atoms with van der Waals surface area (Å²) >= 11 is 0. The second-order valence-corrected chi connectivity index (χ2v) is 17.6. The van der Waals surface area contributed by atoms with Gasteiger partial charge in [0, 0.05) is 29.3 Å². The highest BCUT2D eigenvalue weighted by molar-refractivity contribution is 6.16. The number of fused-ring (bicyclic) bond motifs is 16. The van der Waals surface area contributed by atoms with Crippen LogP contribution in [-0.2, 0) is 5.41 Å². The number of ether oxygens (including phenoxy) is 2. The molecule has 6 nitrogen and oxygen atoms in total. The maximum atomic E-state index is 6.84. The fraction of sp³-hybridized carbons (Fsp3) is 0.0847. The summed E-state index contributed by atoms with van der Waals surface area (Å²) in [5, 5.41) is 2.34. The Morgan fingerprint density at radius 2 is 1.25 bits per heavy atom. The molecule has 0 N–H and O–H groups in total. The highest BCUT2D eigenvalue weighted by Crippen LogP contribution is 2.66. The molecule has 14 rings (SSSR count). The number of rotatable bonds is 3. The molecule has 65 heavy (non-hydrogen) atoms. The first kappa shape index (κ1) is 36.3. The number of hydrogen-bond acceptors (Lipinski definition) is 5. The maximum Gasteiger partial charge on any atom is 0.214 e. The van der Waals surface area contributed by atoms with Gasteiger partial charge in [-0.2, -0.15) is 4.99 Å². The number of amidine groups is 1. The molecule has 2 atom stereocenters. The molecule has 1 spiro atoms. The monoisotopic (exact) mass is 836 g/mol. The molecule has 6 heteroatoms. The van der Waals surface area contributed by atoms with E-state index in [4.69, 9.17) is 19.5 Å². The first-order valence-electron chi connectivity index (χ1n) is 22.4. The molecule has 308 valence electrons. The summed E-state index contributed by atoms with van der Waals surface area (Å²) in [6.07, 6.45) is 9.30. The summed E-state index contributed by atoms with van der Waals surface area (Å²) in [6, 6.07) is 63.4. The van der Waals surface area contributed by atoms with Crippen molar-refractivity contribution in [3.63, 3.8) is 0 Å². The van der Waals surface area contributed by atoms with E-state index >= 15 is 0 Å². The largest absolute Gasteiger partial charge is 0.449 e. The fourth-order valence-electron chi connectivity index (χ4n) is 11.4. The first-order valence-corrected chi connectivity index (χ1v) is 22.4. The minimum atomic E-state index is -0.565. The van der Waals surface area contributed by atoms with Gasteiger partial charge in [0.2, 0.25) is 5.96 Å². The van der Waals surface area contributed by atoms with Crippen molar-refractivity contribution in [2.24, 2.45) is 15.9 Å². The number of para-hydroxylation sites is 3. The summed E-state index contributed by atoms with van der Waals surface area (Å²) in [5.41, 5.74) is 14.8. The third-order valence-corrected chi connectivity index (χ3v) is 14.2. The van der Waals surface area contributed by atoms with E-state index in [9.17, 15) is 0 Å². The van der Waals surface area contributed by atoms with E-state index in [1.165, 1.54) is 44.2 Å². The quantitative estimate of drug-likeness (QED) is 0.178. The second-order valence-electron chi connectivity index (χ2n) is 17.6. The smallest absolute Gasteiger partial charge is 0.214 e. The van der Waals surface area contributed by atoms with E-state index < -0.39 is 5.41 Å². The van der Waals surface area contributed by atoms with Crippen molar-refractivity contribution in [3.8, 4) is 56.4 Å². The van der Waals surface area contributed by atoms with Crippen molar-refractivity contribution in [1.29, 1.82) is 0 Å². The van der Waals surface area contributed by atoms with Gasteiger partial charge >= 0.3 is 0 Å². The van der Waals surface area contributed by atoms with Gasteiger partial charge in [-0.3, -0.25) is 4.57 Å². The zero-order valence-electron chi connectivity index (χ0n) is 35.5. The summed E-state index contributed by atoms with van der Waals surface area (Å²) < 4.78 is 15.7. The number of aliphatic imine (C=N–C) groups is 2. The van der Waals surface area contributed by atoms with Crippen LogP contribution in [0.1, 0.15) is 40.4 Å². The Kier molecular flexibility index (Phi) is 7.61. The molecule has 0 bridgehead atoms. The van der Waals surface area contributed by atoms with Crippen LogP contribution in [0.2, 0.25) is 0 Å². The third-order valence-electron chi connectivity index (χ3n) is 14.2. The SMILES string of the molecule is CN1C(n2c3ccccc3c3cc(-c4ccc5c(c4)C4(c6ccccc6-c6ccccc64)c4ccc6c(c4-5)Oc4ccccc4O6)ccc32)=NC(C2C=CC=CC2)=NC1c1ccccc1. The van der Waals surface area contributed by atoms with Gasteiger partial charge in [0.05, 0.1) is 16.4 Å². The third kappa shape index (κ3) is 5.05. The van der Waals surface area contributed by atoms with Crippen molar-refractivity contribution in [3.05, 3.63) is 228 Å². The fourth-order valence-corrected chi connectivity index (χ4v) is 11.4. The van der Waals surface area contributed by atoms with E-state index in [2.05, 4.69) is 192 Å². The van der Waals surface area contributed by atoms with Crippen LogP contribution in [-0.4, -0.2) is 28.3 Å². The van der Waals surface area contributed by atoms with Crippen LogP contribution in [0.4, 0.5) is 0 Å². The molecule has 0 saturated carbocycles. The van der Waals surface area contributed by atoms with Crippen LogP contribution in [0, 0.1) is 5.92 Å². The van der Waals surface area contributed by atoms with Crippen LogP contribution in [0.3, 0.4) is 0 Å². The van der Waals surface area contributed by atoms with Gasteiger partial charge in [-0.1, -0.05) is 158 Å². The zero-order valence-corrected chi connectivity index (χ0v) is 35.5. The van der Waals surface area contributed by atoms with E-state index in [1.807, 2.05) is 24.3 Å². The number of allylic oxidation sites excluding steroid dienone is 3. The molecule has 0 amide bonds. The van der Waals surface area contributed by atoms with Crippen molar-refractivity contribution in [2.45, 2.75) is 18.0 Å². The summed E-state index contributed by atoms with van der Waals surface area (Å²) in [6.45, 7) is 0. The molecule has 0 fully saturated rings. The summed E-state index contributed by atoms with van der Waals surface area (Å²) in [7, 11) is 2.12. The van der Waals surface area contributed by atoms with Gasteiger partial charge < -0.3 is 14.4 Å². The molecule has 8 aromatic carbocycles. The lowest BCUT2D eigenvalue weighted by Crippen LogP contribution is -2.40. The van der Waals surface area contributed by atoms with Crippen molar-refractivity contribution in [2.75, 3.05) is 7.05 Å². The molecule has 3 aliphatic carbocycles. The molecular formula is C59H40N4O2. The Bertz CT molecular complexity index is 3590. The van der Waals surface area contributed by atoms with Gasteiger partial charge in [0.15, 0.2) is 29.2 Å². The predicted molar refractivity (Wildman–Crippen MR) is 261 cm³/mol. The molecule has 3 heterocycles. The standard InChI is InChI=1S/C59H40N4O2/c1-62-57(37-18-6-3-7-19-37)60-56(36-16-4-2-5-17-36)61-58(62)63-49-25-13-10-22-42(49)44-34-38(29-32-50(44)63)39-28-30-43-48(35-39)59(45-23-11-8-20-40(45)41-21-9-12-24-46(41)59)47-31-33-53-55(54(43)47)65-52-27-15-14-26-51(52)64-53/h2-16,18-36,57H,17H2,1H3. The maximum absolute atomic E-state index is 6.84. The Morgan fingerprint density at radius 3 is 2.05 bits per heavy atom. The van der Waals surface area contributed by atoms with Gasteiger partial charge in [0.1, 0.15) is 5.84 Å². The number of benzene rings is 8. The summed E-state index contributed by atoms with van der Waals surface area (Å²) in [4.78, 5) is 12.9. The molecule has 1 aromatic heterocycles. The van der Waals surface area contributed by atoms with Crippen molar-refractivity contribution >= 4 is 33.6 Å². The Balaban J connectivity index is 0.964. The molecule has 5 aliphatic rings. The average Bonchev–Trinajstić information content (AvgIpc) is 3.98. The van der Waals surface area contributed by atoms with E-state index in [1.54, 1.807) is 0 Å². The molecular weight excluding hydrogens is 797 g/mol. The van der Waals surface area contributed by atoms with Gasteiger partial charge in [-0.05, 0) is 105 Å². The Hall–Kier alpha value is -8.22. The first-order chi connectivity index (χ1) is 32.1. The average molecular weight is 837 g/mol. The van der Waals surface area contributed by atoms with Crippen LogP contribution in [0.25, 0.3) is 55.2 Å². The lowest BCUT2D eigenvalue weighted by molar-refractivity contribution is 0.360. The van der Waals surface area contributed by atoms with Crippen LogP contribution in [0.15, 0.2) is 210 Å². The van der Waals surface area contributed by atoms with E-state index in [0.717, 1.165) is 80.1 Å². The lowest BCUT2D eigenvalue weighted by Gasteiger charge is -2.34. The van der Waals surface area contributed by atoms with E-state index in [-0.39, 0.29) is 12.1 Å². The Morgan fingerprint density at radius 1 is 0.554 bits per heavy atom. The number of nitrogens with zero attached hydrogens (tertiary/aromatic N) is 4. The normalized spacial score (nSPS) is 18.0. The number of hydrogen-bond donors (Lipinski definition) is 0. The minimum Gasteiger partial charge on any atom is -0.449 e. The highest BCUT2D eigenvalue weighted by atomic mass is 16.6.